The van der Waals surface area contributed by atoms with E-state index >= 15 is 0 Å². The molecule has 0 spiro atoms. The van der Waals surface area contributed by atoms with Gasteiger partial charge in [0.2, 0.25) is 15.9 Å². The van der Waals surface area contributed by atoms with E-state index in [0.717, 1.165) is 5.56 Å². The molecule has 128 valence electrons. The Bertz CT molecular complexity index is 774. The van der Waals surface area contributed by atoms with Crippen LogP contribution in [0.15, 0.2) is 59.5 Å². The molecule has 0 unspecified atom stereocenters. The second-order valence-corrected chi connectivity index (χ2v) is 6.88. The highest BCUT2D eigenvalue weighted by molar-refractivity contribution is 7.89. The molecule has 1 amide bonds. The van der Waals surface area contributed by atoms with Crippen LogP contribution >= 0.6 is 0 Å². The minimum atomic E-state index is -3.86. The maximum atomic E-state index is 12.4. The third-order valence-electron chi connectivity index (χ3n) is 3.37. The lowest BCUT2D eigenvalue weighted by atomic mass is 10.1. The molecule has 0 aromatic heterocycles. The van der Waals surface area contributed by atoms with Gasteiger partial charge in [0.15, 0.2) is 0 Å². The molecule has 0 radical (unpaired) electrons. The predicted octanol–water partition coefficient (Wildman–Crippen LogP) is 1.46. The Morgan fingerprint density at radius 2 is 1.75 bits per heavy atom. The molecule has 6 nitrogen and oxygen atoms in total. The molecule has 0 bridgehead atoms. The first-order chi connectivity index (χ1) is 11.4. The second-order valence-electron chi connectivity index (χ2n) is 5.17. The van der Waals surface area contributed by atoms with Crippen LogP contribution in [0, 0.1) is 0 Å². The smallest absolute Gasteiger partial charge is 0.241 e. The number of carbonyl (C=O) groups is 1. The lowest BCUT2D eigenvalue weighted by molar-refractivity contribution is -0.119. The molecule has 0 aliphatic rings. The first-order valence-electron chi connectivity index (χ1n) is 7.51. The molecule has 0 heterocycles. The van der Waals surface area contributed by atoms with Gasteiger partial charge in [-0.05, 0) is 43.2 Å². The Hall–Kier alpha value is -2.38. The molecule has 7 heteroatoms. The average molecular weight is 348 g/mol. The molecule has 3 N–H and O–H groups in total. The second kappa shape index (κ2) is 7.94. The lowest BCUT2D eigenvalue weighted by Gasteiger charge is -2.16. The van der Waals surface area contributed by atoms with Crippen molar-refractivity contribution < 1.29 is 17.9 Å². The SMILES string of the molecule is CCOc1ccc(S(=O)(=O)N[C@H](Cc2ccccc2)C(N)=O)cc1. The van der Waals surface area contributed by atoms with Gasteiger partial charge in [-0.25, -0.2) is 8.42 Å². The summed E-state index contributed by atoms with van der Waals surface area (Å²) in [6.07, 6.45) is 0.187. The number of sulfonamides is 1. The summed E-state index contributed by atoms with van der Waals surface area (Å²) < 4.78 is 32.5. The van der Waals surface area contributed by atoms with Gasteiger partial charge in [0, 0.05) is 0 Å². The van der Waals surface area contributed by atoms with Gasteiger partial charge in [-0.2, -0.15) is 4.72 Å². The predicted molar refractivity (Wildman–Crippen MR) is 91.1 cm³/mol. The highest BCUT2D eigenvalue weighted by Crippen LogP contribution is 2.16. The van der Waals surface area contributed by atoms with Gasteiger partial charge in [-0.15, -0.1) is 0 Å². The first-order valence-corrected chi connectivity index (χ1v) is 8.99. The van der Waals surface area contributed by atoms with Crippen LogP contribution in [0.5, 0.6) is 5.75 Å². The zero-order valence-corrected chi connectivity index (χ0v) is 14.1. The molecule has 1 atom stereocenters. The summed E-state index contributed by atoms with van der Waals surface area (Å²) >= 11 is 0. The molecular weight excluding hydrogens is 328 g/mol. The number of carbonyl (C=O) groups excluding carboxylic acids is 1. The van der Waals surface area contributed by atoms with Crippen LogP contribution in [0.4, 0.5) is 0 Å². The third-order valence-corrected chi connectivity index (χ3v) is 4.86. The number of primary amides is 1. The number of nitrogens with one attached hydrogen (secondary N) is 1. The Labute approximate surface area is 141 Å². The molecule has 2 aromatic rings. The third kappa shape index (κ3) is 4.81. The van der Waals surface area contributed by atoms with Crippen molar-refractivity contribution in [2.75, 3.05) is 6.61 Å². The summed E-state index contributed by atoms with van der Waals surface area (Å²) in [5, 5.41) is 0. The van der Waals surface area contributed by atoms with E-state index in [2.05, 4.69) is 4.72 Å². The van der Waals surface area contributed by atoms with Crippen molar-refractivity contribution in [3.05, 3.63) is 60.2 Å². The summed E-state index contributed by atoms with van der Waals surface area (Å²) in [6.45, 7) is 2.33. The van der Waals surface area contributed by atoms with E-state index in [9.17, 15) is 13.2 Å². The summed E-state index contributed by atoms with van der Waals surface area (Å²) in [4.78, 5) is 11.7. The number of hydrogen-bond donors (Lipinski definition) is 2. The maximum absolute atomic E-state index is 12.4. The average Bonchev–Trinajstić information content (AvgIpc) is 2.56. The van der Waals surface area contributed by atoms with Gasteiger partial charge in [-0.1, -0.05) is 30.3 Å². The number of rotatable bonds is 8. The van der Waals surface area contributed by atoms with E-state index < -0.39 is 22.0 Å². The fraction of sp³-hybridized carbons (Fsp3) is 0.235. The number of benzene rings is 2. The van der Waals surface area contributed by atoms with Crippen LogP contribution in [-0.2, 0) is 21.2 Å². The van der Waals surface area contributed by atoms with Gasteiger partial charge in [-0.3, -0.25) is 4.79 Å². The molecule has 2 rings (SSSR count). The monoisotopic (exact) mass is 348 g/mol. The van der Waals surface area contributed by atoms with E-state index in [1.165, 1.54) is 12.1 Å². The Morgan fingerprint density at radius 1 is 1.12 bits per heavy atom. The minimum absolute atomic E-state index is 0.0465. The quantitative estimate of drug-likeness (QED) is 0.754. The summed E-state index contributed by atoms with van der Waals surface area (Å²) in [5.74, 6) is -0.152. The van der Waals surface area contributed by atoms with Crippen LogP contribution < -0.4 is 15.2 Å². The van der Waals surface area contributed by atoms with Crippen LogP contribution in [0.2, 0.25) is 0 Å². The zero-order valence-electron chi connectivity index (χ0n) is 13.3. The van der Waals surface area contributed by atoms with Gasteiger partial charge < -0.3 is 10.5 Å². The van der Waals surface area contributed by atoms with Crippen molar-refractivity contribution in [2.24, 2.45) is 5.73 Å². The Balaban J connectivity index is 2.16. The van der Waals surface area contributed by atoms with Crippen molar-refractivity contribution in [3.8, 4) is 5.75 Å². The summed E-state index contributed by atoms with van der Waals surface area (Å²) in [5.41, 5.74) is 6.16. The molecule has 24 heavy (non-hydrogen) atoms. The van der Waals surface area contributed by atoms with Crippen molar-refractivity contribution in [2.45, 2.75) is 24.3 Å². The highest BCUT2D eigenvalue weighted by Gasteiger charge is 2.24. The number of hydrogen-bond acceptors (Lipinski definition) is 4. The van der Waals surface area contributed by atoms with Crippen molar-refractivity contribution >= 4 is 15.9 Å². The fourth-order valence-electron chi connectivity index (χ4n) is 2.19. The van der Waals surface area contributed by atoms with Crippen molar-refractivity contribution in [1.29, 1.82) is 0 Å². The van der Waals surface area contributed by atoms with Crippen molar-refractivity contribution in [3.63, 3.8) is 0 Å². The standard InChI is InChI=1S/C17H20N2O4S/c1-2-23-14-8-10-15(11-9-14)24(21,22)19-16(17(18)20)12-13-6-4-3-5-7-13/h3-11,16,19H,2,12H2,1H3,(H2,18,20)/t16-/m1/s1. The molecule has 0 aliphatic heterocycles. The fourth-order valence-corrected chi connectivity index (χ4v) is 3.39. The Morgan fingerprint density at radius 3 is 2.29 bits per heavy atom. The van der Waals surface area contributed by atoms with Gasteiger partial charge in [0.05, 0.1) is 11.5 Å². The largest absolute Gasteiger partial charge is 0.494 e. The molecule has 0 aliphatic carbocycles. The van der Waals surface area contributed by atoms with E-state index in [4.69, 9.17) is 10.5 Å². The first kappa shape index (κ1) is 18.0. The number of amides is 1. The Kier molecular flexibility index (Phi) is 5.94. The number of nitrogens with two attached hydrogens (primary N) is 1. The minimum Gasteiger partial charge on any atom is -0.494 e. The van der Waals surface area contributed by atoms with Crippen LogP contribution in [-0.4, -0.2) is 27.0 Å². The van der Waals surface area contributed by atoms with Crippen LogP contribution in [0.3, 0.4) is 0 Å². The van der Waals surface area contributed by atoms with Crippen LogP contribution in [0.1, 0.15) is 12.5 Å². The van der Waals surface area contributed by atoms with Crippen LogP contribution in [0.25, 0.3) is 0 Å². The van der Waals surface area contributed by atoms with Gasteiger partial charge in [0.25, 0.3) is 0 Å². The molecule has 0 fully saturated rings. The molecule has 2 aromatic carbocycles. The number of ether oxygens (including phenoxy) is 1. The van der Waals surface area contributed by atoms with E-state index in [1.54, 1.807) is 24.3 Å². The van der Waals surface area contributed by atoms with E-state index in [-0.39, 0.29) is 11.3 Å². The summed E-state index contributed by atoms with van der Waals surface area (Å²) in [7, 11) is -3.86. The van der Waals surface area contributed by atoms with Gasteiger partial charge in [0.1, 0.15) is 11.8 Å². The molecule has 0 saturated heterocycles. The lowest BCUT2D eigenvalue weighted by Crippen LogP contribution is -2.45. The zero-order chi connectivity index (χ0) is 17.6. The van der Waals surface area contributed by atoms with Crippen molar-refractivity contribution in [1.82, 2.24) is 4.72 Å². The summed E-state index contributed by atoms with van der Waals surface area (Å²) in [6, 6.07) is 14.0. The van der Waals surface area contributed by atoms with E-state index in [0.29, 0.717) is 12.4 Å². The topological polar surface area (TPSA) is 98.5 Å². The normalized spacial score (nSPS) is 12.5. The van der Waals surface area contributed by atoms with Gasteiger partial charge >= 0.3 is 0 Å². The highest BCUT2D eigenvalue weighted by atomic mass is 32.2. The molecular formula is C17H20N2O4S. The van der Waals surface area contributed by atoms with E-state index in [1.807, 2.05) is 25.1 Å². The molecule has 0 saturated carbocycles. The maximum Gasteiger partial charge on any atom is 0.241 e.